The van der Waals surface area contributed by atoms with E-state index in [-0.39, 0.29) is 30.2 Å². The number of piperidine rings is 1. The Kier molecular flexibility index (Phi) is 7.03. The molecule has 0 N–H and O–H groups in total. The molecular formula is C25H27N3O4S. The molecule has 3 heterocycles. The van der Waals surface area contributed by atoms with Crippen molar-refractivity contribution in [3.63, 3.8) is 0 Å². The number of thiophene rings is 1. The third-order valence-electron chi connectivity index (χ3n) is 5.91. The number of para-hydroxylation sites is 1. The number of pyridine rings is 1. The number of likely N-dealkylation sites (N-methyl/N-ethyl adjacent to an activating group) is 1. The molecule has 0 bridgehead atoms. The second-order valence-electron chi connectivity index (χ2n) is 8.12. The van der Waals surface area contributed by atoms with Crippen LogP contribution in [0.25, 0.3) is 21.5 Å². The molecule has 172 valence electrons. The lowest BCUT2D eigenvalue weighted by Crippen LogP contribution is -2.45. The smallest absolute Gasteiger partial charge is 0.309 e. The number of hydrogen-bond acceptors (Lipinski definition) is 6. The normalized spacial score (nSPS) is 14.3. The molecule has 0 spiro atoms. The summed E-state index contributed by atoms with van der Waals surface area (Å²) in [6.45, 7) is 3.12. The maximum Gasteiger partial charge on any atom is 0.309 e. The van der Waals surface area contributed by atoms with Crippen molar-refractivity contribution in [3.05, 3.63) is 53.4 Å². The first kappa shape index (κ1) is 22.9. The van der Waals surface area contributed by atoms with Crippen molar-refractivity contribution in [2.45, 2.75) is 19.8 Å². The first-order valence-corrected chi connectivity index (χ1v) is 12.0. The predicted octanol–water partition coefficient (Wildman–Crippen LogP) is 3.84. The van der Waals surface area contributed by atoms with Gasteiger partial charge in [-0.1, -0.05) is 24.3 Å². The van der Waals surface area contributed by atoms with E-state index >= 15 is 0 Å². The molecule has 3 aromatic rings. The zero-order valence-electron chi connectivity index (χ0n) is 18.8. The van der Waals surface area contributed by atoms with Crippen LogP contribution in [-0.4, -0.2) is 65.9 Å². The van der Waals surface area contributed by atoms with Crippen molar-refractivity contribution in [3.8, 4) is 10.6 Å². The minimum absolute atomic E-state index is 0.0199. The van der Waals surface area contributed by atoms with E-state index in [1.54, 1.807) is 30.2 Å². The summed E-state index contributed by atoms with van der Waals surface area (Å²) in [5.41, 5.74) is 2.01. The zero-order valence-corrected chi connectivity index (χ0v) is 19.6. The van der Waals surface area contributed by atoms with E-state index in [1.807, 2.05) is 47.8 Å². The number of hydrogen-bond donors (Lipinski definition) is 0. The van der Waals surface area contributed by atoms with Gasteiger partial charge >= 0.3 is 5.97 Å². The highest BCUT2D eigenvalue weighted by molar-refractivity contribution is 7.13. The predicted molar refractivity (Wildman–Crippen MR) is 128 cm³/mol. The minimum atomic E-state index is -0.221. The van der Waals surface area contributed by atoms with E-state index in [9.17, 15) is 14.4 Å². The highest BCUT2D eigenvalue weighted by Crippen LogP contribution is 2.28. The number of amides is 2. The topological polar surface area (TPSA) is 79.8 Å². The van der Waals surface area contributed by atoms with E-state index in [0.29, 0.717) is 38.1 Å². The first-order chi connectivity index (χ1) is 16.0. The Bertz CT molecular complexity index is 1150. The van der Waals surface area contributed by atoms with E-state index in [4.69, 9.17) is 9.72 Å². The second-order valence-corrected chi connectivity index (χ2v) is 9.07. The monoisotopic (exact) mass is 465 g/mol. The average molecular weight is 466 g/mol. The molecule has 0 aliphatic carbocycles. The van der Waals surface area contributed by atoms with Crippen LogP contribution in [0.3, 0.4) is 0 Å². The highest BCUT2D eigenvalue weighted by atomic mass is 32.1. The van der Waals surface area contributed by atoms with Crippen LogP contribution in [0.1, 0.15) is 30.1 Å². The molecular weight excluding hydrogens is 438 g/mol. The number of fused-ring (bicyclic) bond motifs is 1. The van der Waals surface area contributed by atoms with Gasteiger partial charge in [0.25, 0.3) is 5.91 Å². The fourth-order valence-electron chi connectivity index (χ4n) is 4.11. The average Bonchev–Trinajstić information content (AvgIpc) is 3.38. The van der Waals surface area contributed by atoms with Gasteiger partial charge in [-0.25, -0.2) is 4.98 Å². The van der Waals surface area contributed by atoms with Gasteiger partial charge in [0.05, 0.1) is 40.7 Å². The Morgan fingerprint density at radius 3 is 2.61 bits per heavy atom. The third-order valence-corrected chi connectivity index (χ3v) is 6.80. The number of ether oxygens (including phenoxy) is 1. The molecule has 1 aliphatic heterocycles. The lowest BCUT2D eigenvalue weighted by atomic mass is 9.97. The van der Waals surface area contributed by atoms with Crippen LogP contribution in [0, 0.1) is 5.92 Å². The van der Waals surface area contributed by atoms with E-state index in [1.165, 1.54) is 4.90 Å². The summed E-state index contributed by atoms with van der Waals surface area (Å²) >= 11 is 1.57. The molecule has 8 heteroatoms. The van der Waals surface area contributed by atoms with Gasteiger partial charge in [-0.2, -0.15) is 0 Å². The van der Waals surface area contributed by atoms with Gasteiger partial charge in [-0.3, -0.25) is 14.4 Å². The maximum atomic E-state index is 13.4. The summed E-state index contributed by atoms with van der Waals surface area (Å²) in [5.74, 6) is -0.693. The molecule has 0 radical (unpaired) electrons. The molecule has 7 nitrogen and oxygen atoms in total. The van der Waals surface area contributed by atoms with Gasteiger partial charge < -0.3 is 14.5 Å². The number of rotatable bonds is 6. The second kappa shape index (κ2) is 10.1. The maximum absolute atomic E-state index is 13.4. The largest absolute Gasteiger partial charge is 0.466 e. The lowest BCUT2D eigenvalue weighted by molar-refractivity contribution is -0.151. The molecule has 1 saturated heterocycles. The minimum Gasteiger partial charge on any atom is -0.466 e. The van der Waals surface area contributed by atoms with Gasteiger partial charge in [-0.05, 0) is 43.3 Å². The number of likely N-dealkylation sites (tertiary alicyclic amines) is 1. The van der Waals surface area contributed by atoms with Crippen molar-refractivity contribution in [2.24, 2.45) is 5.92 Å². The number of nitrogens with zero attached hydrogens (tertiary/aromatic N) is 3. The van der Waals surface area contributed by atoms with Crippen LogP contribution < -0.4 is 0 Å². The van der Waals surface area contributed by atoms with Crippen molar-refractivity contribution < 1.29 is 19.1 Å². The van der Waals surface area contributed by atoms with Crippen molar-refractivity contribution in [2.75, 3.05) is 33.3 Å². The van der Waals surface area contributed by atoms with Gasteiger partial charge in [0.1, 0.15) is 0 Å². The highest BCUT2D eigenvalue weighted by Gasteiger charge is 2.29. The molecule has 0 saturated carbocycles. The van der Waals surface area contributed by atoms with Crippen molar-refractivity contribution in [1.29, 1.82) is 0 Å². The molecule has 1 aliphatic rings. The number of carbonyl (C=O) groups excluding carboxylic acids is 3. The Balaban J connectivity index is 1.47. The fraction of sp³-hybridized carbons (Fsp3) is 0.360. The molecule has 2 aromatic heterocycles. The van der Waals surface area contributed by atoms with Crippen LogP contribution in [0.4, 0.5) is 0 Å². The summed E-state index contributed by atoms with van der Waals surface area (Å²) in [6, 6.07) is 13.3. The van der Waals surface area contributed by atoms with E-state index < -0.39 is 0 Å². The number of carbonyl (C=O) groups is 3. The zero-order chi connectivity index (χ0) is 23.4. The molecule has 2 amide bonds. The van der Waals surface area contributed by atoms with Crippen LogP contribution in [0.2, 0.25) is 0 Å². The SMILES string of the molecule is CCOC(=O)C1CCN(C(=O)CN(C)C(=O)c2cc(-c3cccs3)nc3ccccc23)CC1. The lowest BCUT2D eigenvalue weighted by Gasteiger charge is -2.32. The Labute approximate surface area is 197 Å². The van der Waals surface area contributed by atoms with Crippen LogP contribution in [-0.2, 0) is 14.3 Å². The van der Waals surface area contributed by atoms with Gasteiger partial charge in [0, 0.05) is 25.5 Å². The quantitative estimate of drug-likeness (QED) is 0.517. The summed E-state index contributed by atoms with van der Waals surface area (Å²) in [6.07, 6.45) is 1.17. The molecule has 4 rings (SSSR count). The number of benzene rings is 1. The van der Waals surface area contributed by atoms with Crippen LogP contribution in [0.5, 0.6) is 0 Å². The Morgan fingerprint density at radius 1 is 1.15 bits per heavy atom. The van der Waals surface area contributed by atoms with Crippen LogP contribution in [0.15, 0.2) is 47.8 Å². The summed E-state index contributed by atoms with van der Waals surface area (Å²) in [7, 11) is 1.64. The van der Waals surface area contributed by atoms with E-state index in [2.05, 4.69) is 0 Å². The number of esters is 1. The Hall–Kier alpha value is -3.26. The summed E-state index contributed by atoms with van der Waals surface area (Å²) < 4.78 is 5.09. The Morgan fingerprint density at radius 2 is 1.91 bits per heavy atom. The summed E-state index contributed by atoms with van der Waals surface area (Å²) in [4.78, 5) is 47.1. The first-order valence-electron chi connectivity index (χ1n) is 11.1. The van der Waals surface area contributed by atoms with Gasteiger partial charge in [0.15, 0.2) is 0 Å². The van der Waals surface area contributed by atoms with E-state index in [0.717, 1.165) is 21.5 Å². The third kappa shape index (κ3) is 5.06. The fourth-order valence-corrected chi connectivity index (χ4v) is 4.79. The summed E-state index contributed by atoms with van der Waals surface area (Å²) in [5, 5.41) is 2.74. The molecule has 33 heavy (non-hydrogen) atoms. The van der Waals surface area contributed by atoms with Gasteiger partial charge in [-0.15, -0.1) is 11.3 Å². The molecule has 1 fully saturated rings. The molecule has 1 aromatic carbocycles. The van der Waals surface area contributed by atoms with Crippen molar-refractivity contribution >= 4 is 40.0 Å². The molecule has 0 unspecified atom stereocenters. The van der Waals surface area contributed by atoms with Crippen molar-refractivity contribution in [1.82, 2.24) is 14.8 Å². The number of aromatic nitrogens is 1. The van der Waals surface area contributed by atoms with Crippen LogP contribution >= 0.6 is 11.3 Å². The van der Waals surface area contributed by atoms with Gasteiger partial charge in [0.2, 0.25) is 5.91 Å². The standard InChI is InChI=1S/C25H27N3O4S/c1-3-32-25(31)17-10-12-28(13-11-17)23(29)16-27(2)24(30)19-15-21(22-9-6-14-33-22)26-20-8-5-4-7-18(19)20/h4-9,14-15,17H,3,10-13,16H2,1-2H3. The molecule has 0 atom stereocenters.